The molecule has 0 heterocycles. The monoisotopic (exact) mass is 136 g/mol. The molecule has 0 amide bonds. The summed E-state index contributed by atoms with van der Waals surface area (Å²) in [5.41, 5.74) is 0. The van der Waals surface area contributed by atoms with E-state index in [9.17, 15) is 0 Å². The first-order valence-electron chi connectivity index (χ1n) is 4.63. The van der Waals surface area contributed by atoms with Gasteiger partial charge < -0.3 is 0 Å². The van der Waals surface area contributed by atoms with Crippen molar-refractivity contribution in [2.24, 2.45) is 11.8 Å². The van der Waals surface area contributed by atoms with E-state index in [4.69, 9.17) is 0 Å². The third-order valence-electron chi connectivity index (χ3n) is 3.06. The summed E-state index contributed by atoms with van der Waals surface area (Å²) in [5, 5.41) is 0. The molecule has 2 rings (SSSR count). The van der Waals surface area contributed by atoms with Crippen molar-refractivity contribution in [2.75, 3.05) is 0 Å². The van der Waals surface area contributed by atoms with Crippen LogP contribution in [0.4, 0.5) is 0 Å². The average Bonchev–Trinajstić information content (AvgIpc) is 2.59. The summed E-state index contributed by atoms with van der Waals surface area (Å²) in [4.78, 5) is 0. The lowest BCUT2D eigenvalue weighted by Crippen LogP contribution is -2.05. The van der Waals surface area contributed by atoms with Crippen LogP contribution in [0, 0.1) is 11.8 Å². The van der Waals surface area contributed by atoms with Crippen LogP contribution in [0.25, 0.3) is 0 Å². The van der Waals surface area contributed by atoms with E-state index in [-0.39, 0.29) is 0 Å². The van der Waals surface area contributed by atoms with Crippen molar-refractivity contribution in [3.63, 3.8) is 0 Å². The van der Waals surface area contributed by atoms with Gasteiger partial charge in [-0.25, -0.2) is 0 Å². The van der Waals surface area contributed by atoms with E-state index in [0.717, 1.165) is 11.8 Å². The van der Waals surface area contributed by atoms with Crippen LogP contribution in [-0.4, -0.2) is 0 Å². The maximum absolute atomic E-state index is 2.45. The number of hydrogen-bond donors (Lipinski definition) is 0. The Morgan fingerprint density at radius 3 is 2.40 bits per heavy atom. The number of rotatable bonds is 1. The van der Waals surface area contributed by atoms with Crippen molar-refractivity contribution in [1.82, 2.24) is 0 Å². The fourth-order valence-electron chi connectivity index (χ4n) is 2.43. The van der Waals surface area contributed by atoms with Crippen LogP contribution in [0.2, 0.25) is 0 Å². The molecule has 0 radical (unpaired) electrons. The first kappa shape index (κ1) is 6.45. The highest BCUT2D eigenvalue weighted by molar-refractivity contribution is 4.99. The van der Waals surface area contributed by atoms with E-state index in [1.54, 1.807) is 0 Å². The second-order valence-corrected chi connectivity index (χ2v) is 3.71. The van der Waals surface area contributed by atoms with Gasteiger partial charge in [0.1, 0.15) is 0 Å². The van der Waals surface area contributed by atoms with Crippen LogP contribution in [0.15, 0.2) is 12.2 Å². The van der Waals surface area contributed by atoms with E-state index >= 15 is 0 Å². The molecule has 0 bridgehead atoms. The minimum Gasteiger partial charge on any atom is -0.0882 e. The molecule has 56 valence electrons. The molecule has 0 spiro atoms. The lowest BCUT2D eigenvalue weighted by molar-refractivity contribution is 0.400. The lowest BCUT2D eigenvalue weighted by atomic mass is 9.91. The Bertz CT molecular complexity index is 129. The Kier molecular flexibility index (Phi) is 1.79. The maximum atomic E-state index is 2.45. The summed E-state index contributed by atoms with van der Waals surface area (Å²) >= 11 is 0. The van der Waals surface area contributed by atoms with Gasteiger partial charge in [0.25, 0.3) is 0 Å². The van der Waals surface area contributed by atoms with Crippen molar-refractivity contribution in [3.8, 4) is 0 Å². The Morgan fingerprint density at radius 2 is 1.80 bits per heavy atom. The molecule has 0 nitrogen and oxygen atoms in total. The fourth-order valence-corrected chi connectivity index (χ4v) is 2.43. The molecule has 10 heavy (non-hydrogen) atoms. The standard InChI is InChI=1S/C10H16/c1-2-6-9(5-1)10-7-3-4-8-10/h1,5,9-10H,2-4,6-8H2/t9-/m0/s1. The van der Waals surface area contributed by atoms with E-state index in [2.05, 4.69) is 12.2 Å². The molecule has 0 aromatic carbocycles. The Morgan fingerprint density at radius 1 is 1.00 bits per heavy atom. The molecule has 0 saturated heterocycles. The molecule has 1 fully saturated rings. The van der Waals surface area contributed by atoms with E-state index in [1.807, 2.05) is 0 Å². The van der Waals surface area contributed by atoms with Gasteiger partial charge in [-0.05, 0) is 37.5 Å². The zero-order chi connectivity index (χ0) is 6.81. The normalized spacial score (nSPS) is 33.8. The van der Waals surface area contributed by atoms with Crippen LogP contribution in [0.3, 0.4) is 0 Å². The molecule has 0 heteroatoms. The van der Waals surface area contributed by atoms with Crippen LogP contribution >= 0.6 is 0 Å². The van der Waals surface area contributed by atoms with Gasteiger partial charge in [0.05, 0.1) is 0 Å². The Hall–Kier alpha value is -0.260. The molecule has 2 aliphatic rings. The number of allylic oxidation sites excluding steroid dienone is 2. The zero-order valence-corrected chi connectivity index (χ0v) is 6.55. The highest BCUT2D eigenvalue weighted by Gasteiger charge is 2.23. The van der Waals surface area contributed by atoms with Gasteiger partial charge in [-0.1, -0.05) is 25.0 Å². The third kappa shape index (κ3) is 1.12. The summed E-state index contributed by atoms with van der Waals surface area (Å²) in [6.07, 6.45) is 13.6. The van der Waals surface area contributed by atoms with Gasteiger partial charge >= 0.3 is 0 Å². The highest BCUT2D eigenvalue weighted by Crippen LogP contribution is 2.36. The van der Waals surface area contributed by atoms with Crippen molar-refractivity contribution < 1.29 is 0 Å². The molecule has 0 N–H and O–H groups in total. The average molecular weight is 136 g/mol. The van der Waals surface area contributed by atoms with Crippen LogP contribution in [-0.2, 0) is 0 Å². The first-order chi connectivity index (χ1) is 4.97. The SMILES string of the molecule is C1=C[C@H](C2CCCC2)CC1. The van der Waals surface area contributed by atoms with E-state index in [1.165, 1.54) is 38.5 Å². The van der Waals surface area contributed by atoms with Gasteiger partial charge in [0, 0.05) is 0 Å². The summed E-state index contributed by atoms with van der Waals surface area (Å²) in [7, 11) is 0. The van der Waals surface area contributed by atoms with Crippen LogP contribution < -0.4 is 0 Å². The fraction of sp³-hybridized carbons (Fsp3) is 0.800. The molecular formula is C10H16. The van der Waals surface area contributed by atoms with Crippen molar-refractivity contribution >= 4 is 0 Å². The molecule has 1 atom stereocenters. The predicted molar refractivity (Wildman–Crippen MR) is 43.8 cm³/mol. The number of hydrogen-bond acceptors (Lipinski definition) is 0. The van der Waals surface area contributed by atoms with Crippen molar-refractivity contribution in [2.45, 2.75) is 38.5 Å². The summed E-state index contributed by atoms with van der Waals surface area (Å²) < 4.78 is 0. The largest absolute Gasteiger partial charge is 0.0882 e. The first-order valence-corrected chi connectivity index (χ1v) is 4.63. The van der Waals surface area contributed by atoms with Crippen LogP contribution in [0.1, 0.15) is 38.5 Å². The molecule has 0 aromatic rings. The predicted octanol–water partition coefficient (Wildman–Crippen LogP) is 3.14. The molecular weight excluding hydrogens is 120 g/mol. The highest BCUT2D eigenvalue weighted by atomic mass is 14.3. The minimum absolute atomic E-state index is 0.975. The van der Waals surface area contributed by atoms with Crippen molar-refractivity contribution in [1.29, 1.82) is 0 Å². The smallest absolute Gasteiger partial charge is 0.0202 e. The van der Waals surface area contributed by atoms with E-state index in [0.29, 0.717) is 0 Å². The molecule has 1 saturated carbocycles. The van der Waals surface area contributed by atoms with E-state index < -0.39 is 0 Å². The lowest BCUT2D eigenvalue weighted by Gasteiger charge is -2.14. The maximum Gasteiger partial charge on any atom is -0.0202 e. The van der Waals surface area contributed by atoms with Crippen LogP contribution in [0.5, 0.6) is 0 Å². The van der Waals surface area contributed by atoms with Gasteiger partial charge in [-0.2, -0.15) is 0 Å². The second kappa shape index (κ2) is 2.77. The summed E-state index contributed by atoms with van der Waals surface area (Å²) in [6, 6.07) is 0. The quantitative estimate of drug-likeness (QED) is 0.486. The molecule has 0 aliphatic heterocycles. The van der Waals surface area contributed by atoms with Gasteiger partial charge in [0.2, 0.25) is 0 Å². The summed E-state index contributed by atoms with van der Waals surface area (Å²) in [6.45, 7) is 0. The molecule has 2 aliphatic carbocycles. The summed E-state index contributed by atoms with van der Waals surface area (Å²) in [5.74, 6) is 2.04. The zero-order valence-electron chi connectivity index (χ0n) is 6.55. The van der Waals surface area contributed by atoms with Gasteiger partial charge in [-0.3, -0.25) is 0 Å². The Labute approximate surface area is 63.3 Å². The van der Waals surface area contributed by atoms with Gasteiger partial charge in [-0.15, -0.1) is 0 Å². The minimum atomic E-state index is 0.975. The molecule has 0 aromatic heterocycles. The molecule has 0 unspecified atom stereocenters. The van der Waals surface area contributed by atoms with Crippen molar-refractivity contribution in [3.05, 3.63) is 12.2 Å². The third-order valence-corrected chi connectivity index (χ3v) is 3.06. The van der Waals surface area contributed by atoms with Gasteiger partial charge in [0.15, 0.2) is 0 Å². The topological polar surface area (TPSA) is 0 Å². The Balaban J connectivity index is 1.91. The second-order valence-electron chi connectivity index (χ2n) is 3.71.